The number of nitrogens with zero attached hydrogens (tertiary/aromatic N) is 1. The molecule has 2 N–H and O–H groups in total. The second-order valence-electron chi connectivity index (χ2n) is 6.45. The Morgan fingerprint density at radius 1 is 1.24 bits per heavy atom. The van der Waals surface area contributed by atoms with Crippen LogP contribution in [0.1, 0.15) is 30.0 Å². The van der Waals surface area contributed by atoms with Gasteiger partial charge < -0.3 is 19.6 Å². The average Bonchev–Trinajstić information content (AvgIpc) is 2.67. The molecule has 1 aromatic heterocycles. The van der Waals surface area contributed by atoms with Crippen molar-refractivity contribution in [1.29, 1.82) is 5.26 Å². The van der Waals surface area contributed by atoms with E-state index in [1.54, 1.807) is 31.4 Å². The van der Waals surface area contributed by atoms with Crippen LogP contribution in [0.3, 0.4) is 0 Å². The third-order valence-corrected chi connectivity index (χ3v) is 5.35. The fourth-order valence-electron chi connectivity index (χ4n) is 3.43. The molecule has 0 aliphatic carbocycles. The molecule has 2 aromatic carbocycles. The van der Waals surface area contributed by atoms with Crippen molar-refractivity contribution in [1.82, 2.24) is 0 Å². The minimum absolute atomic E-state index is 0. The Balaban J connectivity index is 0.00000240. The molecule has 148 valence electrons. The molecule has 1 atom stereocenters. The number of rotatable bonds is 2. The summed E-state index contributed by atoms with van der Waals surface area (Å²) in [7, 11) is 1.56. The summed E-state index contributed by atoms with van der Waals surface area (Å²) < 4.78 is 17.2. The van der Waals surface area contributed by atoms with Gasteiger partial charge in [0, 0.05) is 0 Å². The maximum absolute atomic E-state index is 12.9. The van der Waals surface area contributed by atoms with Crippen molar-refractivity contribution in [3.63, 3.8) is 0 Å². The number of nitriles is 1. The van der Waals surface area contributed by atoms with Crippen molar-refractivity contribution in [2.75, 3.05) is 7.11 Å². The molecule has 0 saturated heterocycles. The van der Waals surface area contributed by atoms with E-state index in [2.05, 4.69) is 22.0 Å². The third-order valence-electron chi connectivity index (χ3n) is 4.73. The van der Waals surface area contributed by atoms with E-state index in [0.717, 1.165) is 5.56 Å². The number of hydrogen-bond donors (Lipinski definition) is 1. The van der Waals surface area contributed by atoms with Crippen LogP contribution in [0, 0.1) is 18.3 Å². The van der Waals surface area contributed by atoms with Gasteiger partial charge in [-0.2, -0.15) is 5.26 Å². The van der Waals surface area contributed by atoms with Gasteiger partial charge in [-0.25, -0.2) is 4.79 Å². The number of benzene rings is 2. The lowest BCUT2D eigenvalue weighted by Gasteiger charge is -2.26. The summed E-state index contributed by atoms with van der Waals surface area (Å²) in [6.07, 6.45) is 0. The van der Waals surface area contributed by atoms with Crippen LogP contribution in [-0.4, -0.2) is 7.11 Å². The van der Waals surface area contributed by atoms with Crippen molar-refractivity contribution in [3.05, 3.63) is 79.4 Å². The molecule has 6 nitrogen and oxygen atoms in total. The molecule has 7 heteroatoms. The second-order valence-corrected chi connectivity index (χ2v) is 7.31. The molecule has 2 heterocycles. The van der Waals surface area contributed by atoms with E-state index in [9.17, 15) is 10.1 Å². The Bertz CT molecular complexity index is 1250. The molecule has 0 fully saturated rings. The molecular weight excluding hydrogens is 436 g/mol. The van der Waals surface area contributed by atoms with Gasteiger partial charge in [-0.3, -0.25) is 0 Å². The largest absolute Gasteiger partial charge is 0.496 e. The van der Waals surface area contributed by atoms with E-state index in [0.29, 0.717) is 32.5 Å². The van der Waals surface area contributed by atoms with E-state index in [1.165, 1.54) is 0 Å². The van der Waals surface area contributed by atoms with Crippen molar-refractivity contribution < 1.29 is 13.9 Å². The first-order chi connectivity index (χ1) is 13.4. The fraction of sp³-hybridized carbons (Fsp3) is 0.182. The summed E-state index contributed by atoms with van der Waals surface area (Å²) in [5, 5.41) is 10.3. The fourth-order valence-corrected chi connectivity index (χ4v) is 3.99. The van der Waals surface area contributed by atoms with E-state index in [1.807, 2.05) is 19.1 Å². The van der Waals surface area contributed by atoms with Crippen LogP contribution in [0.4, 0.5) is 0 Å². The quantitative estimate of drug-likeness (QED) is 0.562. The number of nitrogens with two attached hydrogens (primary N) is 1. The summed E-state index contributed by atoms with van der Waals surface area (Å²) in [5.41, 5.74) is 7.98. The molecular formula is C22H19BrN2O4. The monoisotopic (exact) mass is 454 g/mol. The first-order valence-corrected chi connectivity index (χ1v) is 9.22. The van der Waals surface area contributed by atoms with Crippen LogP contribution in [-0.2, 0) is 0 Å². The highest BCUT2D eigenvalue weighted by molar-refractivity contribution is 9.10. The Kier molecular flexibility index (Phi) is 5.40. The van der Waals surface area contributed by atoms with E-state index >= 15 is 0 Å². The average molecular weight is 455 g/mol. The van der Waals surface area contributed by atoms with E-state index in [4.69, 9.17) is 19.6 Å². The smallest absolute Gasteiger partial charge is 0.344 e. The number of aryl methyl sites for hydroxylation is 1. The van der Waals surface area contributed by atoms with Crippen LogP contribution in [0.25, 0.3) is 11.0 Å². The first kappa shape index (κ1) is 20.5. The first-order valence-electron chi connectivity index (χ1n) is 8.43. The van der Waals surface area contributed by atoms with Crippen molar-refractivity contribution in [2.45, 2.75) is 20.3 Å². The molecule has 0 spiro atoms. The Morgan fingerprint density at radius 2 is 2.00 bits per heavy atom. The number of methoxy groups -OCH3 is 1. The standard InChI is InChI=1S/C21H15BrN2O4.CH4/c1-10-3-5-15-12(7-10)19-18(21(25)27-15)17(13(9-23)20(24)28-19)11-4-6-16(26-2)14(22)8-11;/h3-8,17H,24H2,1-2H3;1H4. The lowest BCUT2D eigenvalue weighted by atomic mass is 9.84. The third kappa shape index (κ3) is 3.26. The molecule has 29 heavy (non-hydrogen) atoms. The predicted octanol–water partition coefficient (Wildman–Crippen LogP) is 4.73. The maximum atomic E-state index is 12.9. The number of halogens is 1. The zero-order valence-corrected chi connectivity index (χ0v) is 16.7. The van der Waals surface area contributed by atoms with Gasteiger partial charge in [0.05, 0.1) is 28.5 Å². The lowest BCUT2D eigenvalue weighted by Crippen LogP contribution is -2.26. The Morgan fingerprint density at radius 3 is 2.66 bits per heavy atom. The summed E-state index contributed by atoms with van der Waals surface area (Å²) in [4.78, 5) is 12.9. The minimum Gasteiger partial charge on any atom is -0.496 e. The molecule has 1 aliphatic heterocycles. The molecule has 3 aromatic rings. The maximum Gasteiger partial charge on any atom is 0.344 e. The molecule has 0 radical (unpaired) electrons. The SMILES string of the molecule is C.COc1ccc(C2C(C#N)=C(N)Oc3c2c(=O)oc2ccc(C)cc32)cc1Br. The van der Waals surface area contributed by atoms with Gasteiger partial charge in [0.25, 0.3) is 0 Å². The van der Waals surface area contributed by atoms with Crippen molar-refractivity contribution >= 4 is 26.9 Å². The van der Waals surface area contributed by atoms with E-state index in [-0.39, 0.29) is 24.4 Å². The molecule has 1 aliphatic rings. The summed E-state index contributed by atoms with van der Waals surface area (Å²) in [5.74, 6) is 0.216. The van der Waals surface area contributed by atoms with Gasteiger partial charge in [0.1, 0.15) is 23.0 Å². The zero-order valence-electron chi connectivity index (χ0n) is 15.1. The zero-order chi connectivity index (χ0) is 20.0. The summed E-state index contributed by atoms with van der Waals surface area (Å²) in [6.45, 7) is 1.93. The topological polar surface area (TPSA) is 98.5 Å². The summed E-state index contributed by atoms with van der Waals surface area (Å²) in [6, 6.07) is 12.8. The molecule has 0 amide bonds. The summed E-state index contributed by atoms with van der Waals surface area (Å²) >= 11 is 3.45. The Labute approximate surface area is 176 Å². The van der Waals surface area contributed by atoms with Crippen LogP contribution in [0.2, 0.25) is 0 Å². The molecule has 1 unspecified atom stereocenters. The van der Waals surface area contributed by atoms with Gasteiger partial charge >= 0.3 is 5.63 Å². The molecule has 4 rings (SSSR count). The van der Waals surface area contributed by atoms with Crippen molar-refractivity contribution in [3.8, 4) is 17.6 Å². The lowest BCUT2D eigenvalue weighted by molar-refractivity contribution is 0.388. The highest BCUT2D eigenvalue weighted by Gasteiger charge is 2.35. The molecule has 0 bridgehead atoms. The number of ether oxygens (including phenoxy) is 2. The highest BCUT2D eigenvalue weighted by Crippen LogP contribution is 2.44. The van der Waals surface area contributed by atoms with Crippen LogP contribution in [0.5, 0.6) is 11.5 Å². The van der Waals surface area contributed by atoms with Crippen LogP contribution in [0.15, 0.2) is 61.5 Å². The molecule has 0 saturated carbocycles. The number of fused-ring (bicyclic) bond motifs is 3. The van der Waals surface area contributed by atoms with Crippen LogP contribution >= 0.6 is 15.9 Å². The van der Waals surface area contributed by atoms with Gasteiger partial charge in [0.15, 0.2) is 5.75 Å². The van der Waals surface area contributed by atoms with Gasteiger partial charge in [-0.05, 0) is 52.7 Å². The normalized spacial score (nSPS) is 15.2. The van der Waals surface area contributed by atoms with Crippen LogP contribution < -0.4 is 20.8 Å². The van der Waals surface area contributed by atoms with Gasteiger partial charge in [-0.15, -0.1) is 0 Å². The highest BCUT2D eigenvalue weighted by atomic mass is 79.9. The van der Waals surface area contributed by atoms with Gasteiger partial charge in [-0.1, -0.05) is 25.1 Å². The Hall–Kier alpha value is -3.24. The number of hydrogen-bond acceptors (Lipinski definition) is 6. The van der Waals surface area contributed by atoms with Gasteiger partial charge in [0.2, 0.25) is 5.88 Å². The second kappa shape index (κ2) is 7.64. The van der Waals surface area contributed by atoms with E-state index < -0.39 is 11.5 Å². The predicted molar refractivity (Wildman–Crippen MR) is 114 cm³/mol. The van der Waals surface area contributed by atoms with Crippen molar-refractivity contribution in [2.24, 2.45) is 5.73 Å². The minimum atomic E-state index is -0.711. The number of allylic oxidation sites excluding steroid dienone is 1.